The summed E-state index contributed by atoms with van der Waals surface area (Å²) in [5.74, 6) is 0. The summed E-state index contributed by atoms with van der Waals surface area (Å²) >= 11 is 0. The highest BCUT2D eigenvalue weighted by Crippen LogP contribution is 2.25. The van der Waals surface area contributed by atoms with Crippen LogP contribution in [0.2, 0.25) is 0 Å². The van der Waals surface area contributed by atoms with Crippen LogP contribution in [0.5, 0.6) is 0 Å². The van der Waals surface area contributed by atoms with E-state index in [1.165, 1.54) is 5.56 Å². The molecule has 3 heteroatoms. The molecule has 2 N–H and O–H groups in total. The molecule has 1 aromatic heterocycles. The molecule has 0 spiro atoms. The van der Waals surface area contributed by atoms with Crippen molar-refractivity contribution in [1.82, 2.24) is 10.3 Å². The van der Waals surface area contributed by atoms with Crippen LogP contribution in [0, 0.1) is 0 Å². The van der Waals surface area contributed by atoms with E-state index in [0.29, 0.717) is 13.0 Å². The highest BCUT2D eigenvalue weighted by Gasteiger charge is 2.29. The Labute approximate surface area is 107 Å². The van der Waals surface area contributed by atoms with Gasteiger partial charge in [-0.25, -0.2) is 0 Å². The molecule has 1 aliphatic rings. The van der Waals surface area contributed by atoms with Crippen molar-refractivity contribution in [3.8, 4) is 0 Å². The number of nitrogens with one attached hydrogen (secondary N) is 1. The van der Waals surface area contributed by atoms with Gasteiger partial charge in [0.1, 0.15) is 0 Å². The first-order chi connectivity index (χ1) is 8.77. The fraction of sp³-hybridized carbons (Fsp3) is 0.400. The van der Waals surface area contributed by atoms with Crippen molar-refractivity contribution in [1.29, 1.82) is 0 Å². The Morgan fingerprint density at radius 3 is 3.00 bits per heavy atom. The molecule has 2 heterocycles. The largest absolute Gasteiger partial charge is 0.388 e. The van der Waals surface area contributed by atoms with Gasteiger partial charge in [0.25, 0.3) is 0 Å². The van der Waals surface area contributed by atoms with Crippen molar-refractivity contribution in [2.24, 2.45) is 0 Å². The van der Waals surface area contributed by atoms with Gasteiger partial charge in [-0.3, -0.25) is 4.98 Å². The molecule has 1 aromatic carbocycles. The number of para-hydroxylation sites is 1. The number of aliphatic hydroxyl groups is 1. The Balaban J connectivity index is 1.94. The number of fused-ring (bicyclic) bond motifs is 1. The van der Waals surface area contributed by atoms with E-state index in [1.807, 2.05) is 30.5 Å². The Morgan fingerprint density at radius 1 is 1.28 bits per heavy atom. The quantitative estimate of drug-likeness (QED) is 0.845. The molecule has 1 saturated heterocycles. The number of pyridine rings is 1. The zero-order chi connectivity index (χ0) is 12.4. The maximum absolute atomic E-state index is 10.6. The first-order valence-electron chi connectivity index (χ1n) is 6.53. The van der Waals surface area contributed by atoms with E-state index in [9.17, 15) is 5.11 Å². The highest BCUT2D eigenvalue weighted by molar-refractivity contribution is 5.81. The lowest BCUT2D eigenvalue weighted by Crippen LogP contribution is -2.47. The Bertz CT molecular complexity index is 542. The molecule has 3 nitrogen and oxygen atoms in total. The van der Waals surface area contributed by atoms with Gasteiger partial charge in [0, 0.05) is 24.5 Å². The number of nitrogens with zero attached hydrogens (tertiary/aromatic N) is 1. The third-order valence-corrected chi connectivity index (χ3v) is 3.71. The minimum absolute atomic E-state index is 0.609. The summed E-state index contributed by atoms with van der Waals surface area (Å²) in [6.07, 6.45) is 4.44. The molecule has 3 rings (SSSR count). The first-order valence-corrected chi connectivity index (χ1v) is 6.53. The summed E-state index contributed by atoms with van der Waals surface area (Å²) < 4.78 is 0. The van der Waals surface area contributed by atoms with Crippen LogP contribution in [-0.4, -0.2) is 28.8 Å². The predicted octanol–water partition coefficient (Wildman–Crippen LogP) is 1.89. The van der Waals surface area contributed by atoms with Crippen LogP contribution in [0.3, 0.4) is 0 Å². The van der Waals surface area contributed by atoms with Gasteiger partial charge in [-0.05, 0) is 37.1 Å². The van der Waals surface area contributed by atoms with E-state index in [4.69, 9.17) is 0 Å². The minimum atomic E-state index is -0.609. The first kappa shape index (κ1) is 11.6. The zero-order valence-electron chi connectivity index (χ0n) is 10.4. The van der Waals surface area contributed by atoms with Crippen molar-refractivity contribution in [3.63, 3.8) is 0 Å². The lowest BCUT2D eigenvalue weighted by atomic mass is 9.86. The third kappa shape index (κ3) is 2.24. The summed E-state index contributed by atoms with van der Waals surface area (Å²) in [4.78, 5) is 4.36. The van der Waals surface area contributed by atoms with Crippen LogP contribution in [0.15, 0.2) is 36.5 Å². The van der Waals surface area contributed by atoms with Crippen LogP contribution < -0.4 is 5.32 Å². The SMILES string of the molecule is OC1(Cc2ccnc3ccccc23)CCCNC1. The molecule has 0 saturated carbocycles. The number of hydrogen-bond donors (Lipinski definition) is 2. The summed E-state index contributed by atoms with van der Waals surface area (Å²) in [5.41, 5.74) is 1.58. The van der Waals surface area contributed by atoms with Crippen LogP contribution in [0.1, 0.15) is 18.4 Å². The van der Waals surface area contributed by atoms with Crippen molar-refractivity contribution >= 4 is 10.9 Å². The van der Waals surface area contributed by atoms with E-state index in [1.54, 1.807) is 0 Å². The highest BCUT2D eigenvalue weighted by atomic mass is 16.3. The third-order valence-electron chi connectivity index (χ3n) is 3.71. The maximum Gasteiger partial charge on any atom is 0.0812 e. The molecule has 94 valence electrons. The van der Waals surface area contributed by atoms with Crippen molar-refractivity contribution in [2.75, 3.05) is 13.1 Å². The summed E-state index contributed by atoms with van der Waals surface area (Å²) in [6.45, 7) is 1.70. The van der Waals surface area contributed by atoms with Crippen molar-refractivity contribution in [2.45, 2.75) is 24.9 Å². The van der Waals surface area contributed by atoms with Crippen molar-refractivity contribution < 1.29 is 5.11 Å². The molecule has 0 aliphatic carbocycles. The summed E-state index contributed by atoms with van der Waals surface area (Å²) in [6, 6.07) is 10.1. The number of aromatic nitrogens is 1. The van der Waals surface area contributed by atoms with Crippen LogP contribution in [0.4, 0.5) is 0 Å². The number of rotatable bonds is 2. The summed E-state index contributed by atoms with van der Waals surface area (Å²) in [7, 11) is 0. The second-order valence-corrected chi connectivity index (χ2v) is 5.17. The second kappa shape index (κ2) is 4.67. The molecule has 0 radical (unpaired) electrons. The number of hydrogen-bond acceptors (Lipinski definition) is 3. The lowest BCUT2D eigenvalue weighted by molar-refractivity contribution is 0.0172. The lowest BCUT2D eigenvalue weighted by Gasteiger charge is -2.33. The van der Waals surface area contributed by atoms with Gasteiger partial charge in [0.2, 0.25) is 0 Å². The molecule has 1 unspecified atom stereocenters. The topological polar surface area (TPSA) is 45.2 Å². The Hall–Kier alpha value is -1.45. The second-order valence-electron chi connectivity index (χ2n) is 5.17. The molecule has 0 amide bonds. The van der Waals surface area contributed by atoms with Crippen molar-refractivity contribution in [3.05, 3.63) is 42.1 Å². The molecule has 0 bridgehead atoms. The smallest absolute Gasteiger partial charge is 0.0812 e. The molecule has 1 atom stereocenters. The van der Waals surface area contributed by atoms with Gasteiger partial charge >= 0.3 is 0 Å². The molecule has 18 heavy (non-hydrogen) atoms. The van der Waals surface area contributed by atoms with Gasteiger partial charge < -0.3 is 10.4 Å². The van der Waals surface area contributed by atoms with E-state index >= 15 is 0 Å². The Morgan fingerprint density at radius 2 is 2.17 bits per heavy atom. The fourth-order valence-electron chi connectivity index (χ4n) is 2.77. The Kier molecular flexibility index (Phi) is 3.02. The predicted molar refractivity (Wildman–Crippen MR) is 72.5 cm³/mol. The zero-order valence-corrected chi connectivity index (χ0v) is 10.4. The standard InChI is InChI=1S/C15H18N2O/c18-15(7-3-8-16-11-15)10-12-6-9-17-14-5-2-1-4-13(12)14/h1-2,4-6,9,16,18H,3,7-8,10-11H2. The van der Waals surface area contributed by atoms with Gasteiger partial charge in [0.15, 0.2) is 0 Å². The van der Waals surface area contributed by atoms with E-state index in [-0.39, 0.29) is 0 Å². The maximum atomic E-state index is 10.6. The van der Waals surface area contributed by atoms with Gasteiger partial charge in [-0.15, -0.1) is 0 Å². The monoisotopic (exact) mass is 242 g/mol. The normalized spacial score (nSPS) is 24.3. The average molecular weight is 242 g/mol. The van der Waals surface area contributed by atoms with E-state index < -0.39 is 5.60 Å². The molecular weight excluding hydrogens is 224 g/mol. The van der Waals surface area contributed by atoms with Gasteiger partial charge in [-0.2, -0.15) is 0 Å². The van der Waals surface area contributed by atoms with E-state index in [0.717, 1.165) is 30.3 Å². The van der Waals surface area contributed by atoms with Gasteiger partial charge in [0.05, 0.1) is 11.1 Å². The van der Waals surface area contributed by atoms with Crippen LogP contribution >= 0.6 is 0 Å². The van der Waals surface area contributed by atoms with E-state index in [2.05, 4.69) is 16.4 Å². The molecular formula is C15H18N2O. The summed E-state index contributed by atoms with van der Waals surface area (Å²) in [5, 5.41) is 15.0. The molecule has 1 aliphatic heterocycles. The number of benzene rings is 1. The number of piperidine rings is 1. The minimum Gasteiger partial charge on any atom is -0.388 e. The van der Waals surface area contributed by atoms with Crippen LogP contribution in [0.25, 0.3) is 10.9 Å². The molecule has 1 fully saturated rings. The van der Waals surface area contributed by atoms with Crippen LogP contribution in [-0.2, 0) is 6.42 Å². The molecule has 2 aromatic rings. The van der Waals surface area contributed by atoms with Gasteiger partial charge in [-0.1, -0.05) is 18.2 Å². The average Bonchev–Trinajstić information content (AvgIpc) is 2.40. The number of β-amino-alcohol motifs (C(OH)–C–C–N with tert-alkyl or cyclic N) is 1. The fourth-order valence-corrected chi connectivity index (χ4v) is 2.77.